The predicted octanol–water partition coefficient (Wildman–Crippen LogP) is 4.24. The highest BCUT2D eigenvalue weighted by Crippen LogP contribution is 2.19. The minimum absolute atomic E-state index is 0.0911. The normalized spacial score (nSPS) is 15.9. The topological polar surface area (TPSA) is 102 Å². The number of halogens is 3. The van der Waals surface area contributed by atoms with Gasteiger partial charge in [0.1, 0.15) is 11.6 Å². The second kappa shape index (κ2) is 13.9. The van der Waals surface area contributed by atoms with Crippen molar-refractivity contribution in [3.63, 3.8) is 0 Å². The van der Waals surface area contributed by atoms with Crippen molar-refractivity contribution in [1.82, 2.24) is 25.2 Å². The van der Waals surface area contributed by atoms with Gasteiger partial charge in [0.15, 0.2) is 6.61 Å². The first kappa shape index (κ1) is 29.1. The van der Waals surface area contributed by atoms with Crippen LogP contribution < -0.4 is 20.1 Å². The molecule has 0 saturated carbocycles. The Morgan fingerprint density at radius 2 is 1.68 bits per heavy atom. The summed E-state index contributed by atoms with van der Waals surface area (Å²) in [6.45, 7) is 4.77. The lowest BCUT2D eigenvalue weighted by Crippen LogP contribution is -2.31. The number of alkyl halides is 3. The smallest absolute Gasteiger partial charge is 0.422 e. The Bertz CT molecular complexity index is 1240. The molecule has 9 nitrogen and oxygen atoms in total. The molecular weight excluding hydrogens is 525 g/mol. The molecule has 2 N–H and O–H groups in total. The number of rotatable bonds is 3. The summed E-state index contributed by atoms with van der Waals surface area (Å²) >= 11 is 0. The Labute approximate surface area is 231 Å². The fourth-order valence-electron chi connectivity index (χ4n) is 4.12. The Balaban J connectivity index is 1.54. The summed E-state index contributed by atoms with van der Waals surface area (Å²) in [7, 11) is 0. The molecule has 0 radical (unpaired) electrons. The number of hydrogen-bond acceptors (Lipinski definition) is 8. The van der Waals surface area contributed by atoms with Crippen LogP contribution in [0.5, 0.6) is 11.8 Å². The van der Waals surface area contributed by atoms with Crippen LogP contribution in [0.2, 0.25) is 0 Å². The van der Waals surface area contributed by atoms with Gasteiger partial charge in [0.05, 0.1) is 6.61 Å². The molecule has 3 aromatic rings. The summed E-state index contributed by atoms with van der Waals surface area (Å²) < 4.78 is 48.9. The second-order valence-corrected chi connectivity index (χ2v) is 9.38. The van der Waals surface area contributed by atoms with Crippen molar-refractivity contribution in [3.05, 3.63) is 71.0 Å². The van der Waals surface area contributed by atoms with Crippen molar-refractivity contribution in [1.29, 1.82) is 0 Å². The molecule has 1 amide bonds. The largest absolute Gasteiger partial charge is 0.494 e. The average Bonchev–Trinajstić information content (AvgIpc) is 2.94. The van der Waals surface area contributed by atoms with E-state index in [1.807, 2.05) is 24.3 Å². The van der Waals surface area contributed by atoms with E-state index in [9.17, 15) is 18.0 Å². The first-order chi connectivity index (χ1) is 19.3. The van der Waals surface area contributed by atoms with E-state index in [1.54, 1.807) is 24.3 Å². The summed E-state index contributed by atoms with van der Waals surface area (Å²) in [5.74, 6) is 0.900. The molecule has 7 rings (SSSR count). The van der Waals surface area contributed by atoms with E-state index in [4.69, 9.17) is 9.47 Å². The van der Waals surface area contributed by atoms with E-state index in [0.717, 1.165) is 49.4 Å². The molecule has 1 aromatic heterocycles. The number of amides is 1. The van der Waals surface area contributed by atoms with Gasteiger partial charge in [0.2, 0.25) is 5.95 Å². The molecule has 0 saturated heterocycles. The van der Waals surface area contributed by atoms with Gasteiger partial charge in [-0.3, -0.25) is 4.79 Å². The van der Waals surface area contributed by atoms with Crippen molar-refractivity contribution in [2.24, 2.45) is 0 Å². The molecule has 0 atom stereocenters. The Morgan fingerprint density at radius 3 is 2.40 bits per heavy atom. The van der Waals surface area contributed by atoms with Crippen LogP contribution >= 0.6 is 0 Å². The Kier molecular flexibility index (Phi) is 10.1. The predicted molar refractivity (Wildman–Crippen MR) is 144 cm³/mol. The first-order valence-corrected chi connectivity index (χ1v) is 13.3. The minimum Gasteiger partial charge on any atom is -0.494 e. The summed E-state index contributed by atoms with van der Waals surface area (Å²) in [6.07, 6.45) is -2.63. The molecule has 0 aliphatic carbocycles. The molecule has 0 fully saturated rings. The molecule has 5 heterocycles. The van der Waals surface area contributed by atoms with Crippen LogP contribution in [0.4, 0.5) is 19.1 Å². The lowest BCUT2D eigenvalue weighted by molar-refractivity contribution is -0.154. The van der Waals surface area contributed by atoms with Crippen LogP contribution in [0, 0.1) is 0 Å². The maximum absolute atomic E-state index is 12.7. The van der Waals surface area contributed by atoms with Crippen molar-refractivity contribution in [3.8, 4) is 11.8 Å². The summed E-state index contributed by atoms with van der Waals surface area (Å²) in [6, 6.07) is 14.1. The fraction of sp³-hybridized carbons (Fsp3) is 0.429. The van der Waals surface area contributed by atoms with Crippen LogP contribution in [0.3, 0.4) is 0 Å². The summed E-state index contributed by atoms with van der Waals surface area (Å²) in [5, 5.41) is 5.99. The highest BCUT2D eigenvalue weighted by atomic mass is 19.4. The molecule has 214 valence electrons. The zero-order chi connectivity index (χ0) is 28.4. The molecule has 4 aliphatic rings. The summed E-state index contributed by atoms with van der Waals surface area (Å²) in [4.78, 5) is 27.4. The van der Waals surface area contributed by atoms with Gasteiger partial charge < -0.3 is 25.0 Å². The standard InChI is InChI=1S/C28H33F3N6O3/c1-2-37-14-3-13-32-25(38)22-9-5-20(6-10-22)17-24-34-26(36-27(35-24)40-19-28(29,30)31)33-18-21-7-11-23(12-8-21)39-16-4-15-37/h5-12H,2-4,13-19H2,1H3,(H,32,38)(H,33,34,35,36). The number of aromatic nitrogens is 3. The first-order valence-electron chi connectivity index (χ1n) is 13.3. The third-order valence-electron chi connectivity index (χ3n) is 6.25. The van der Waals surface area contributed by atoms with E-state index >= 15 is 0 Å². The SMILES string of the molecule is CCN1CCCNC(=O)c2ccc(cc2)Cc2nc(nc(OCC(F)(F)F)n2)NCc2ccc(cc2)OCCC1. The maximum atomic E-state index is 12.7. The van der Waals surface area contributed by atoms with E-state index in [-0.39, 0.29) is 24.1 Å². The van der Waals surface area contributed by atoms with Crippen LogP contribution in [0.25, 0.3) is 0 Å². The van der Waals surface area contributed by atoms with Crippen molar-refractivity contribution >= 4 is 11.9 Å². The molecule has 12 heteroatoms. The molecule has 0 spiro atoms. The van der Waals surface area contributed by atoms with Crippen LogP contribution in [-0.4, -0.2) is 71.3 Å². The highest BCUT2D eigenvalue weighted by Gasteiger charge is 2.29. The van der Waals surface area contributed by atoms with E-state index in [2.05, 4.69) is 37.4 Å². The van der Waals surface area contributed by atoms with Crippen molar-refractivity contribution < 1.29 is 27.4 Å². The van der Waals surface area contributed by atoms with Gasteiger partial charge in [-0.15, -0.1) is 0 Å². The number of nitrogens with zero attached hydrogens (tertiary/aromatic N) is 4. The molecule has 2 aromatic carbocycles. The van der Waals surface area contributed by atoms with Gasteiger partial charge in [-0.1, -0.05) is 31.2 Å². The minimum atomic E-state index is -4.53. The zero-order valence-electron chi connectivity index (χ0n) is 22.3. The number of anilines is 1. The van der Waals surface area contributed by atoms with Crippen molar-refractivity contribution in [2.75, 3.05) is 44.7 Å². The van der Waals surface area contributed by atoms with Gasteiger partial charge in [-0.2, -0.15) is 28.1 Å². The van der Waals surface area contributed by atoms with Gasteiger partial charge >= 0.3 is 12.2 Å². The van der Waals surface area contributed by atoms with Gasteiger partial charge in [0.25, 0.3) is 5.91 Å². The number of ether oxygens (including phenoxy) is 2. The number of benzene rings is 2. The molecule has 6 bridgehead atoms. The maximum Gasteiger partial charge on any atom is 0.422 e. The van der Waals surface area contributed by atoms with Gasteiger partial charge in [-0.25, -0.2) is 0 Å². The van der Waals surface area contributed by atoms with Crippen LogP contribution in [-0.2, 0) is 13.0 Å². The lowest BCUT2D eigenvalue weighted by Gasteiger charge is -2.20. The van der Waals surface area contributed by atoms with E-state index < -0.39 is 18.8 Å². The molecule has 40 heavy (non-hydrogen) atoms. The molecule has 4 aliphatic heterocycles. The fourth-order valence-corrected chi connectivity index (χ4v) is 4.12. The van der Waals surface area contributed by atoms with E-state index in [0.29, 0.717) is 25.3 Å². The monoisotopic (exact) mass is 558 g/mol. The third-order valence-corrected chi connectivity index (χ3v) is 6.25. The second-order valence-electron chi connectivity index (χ2n) is 9.38. The van der Waals surface area contributed by atoms with Gasteiger partial charge in [-0.05, 0) is 61.3 Å². The van der Waals surface area contributed by atoms with Crippen LogP contribution in [0.1, 0.15) is 47.1 Å². The van der Waals surface area contributed by atoms with Gasteiger partial charge in [0, 0.05) is 31.6 Å². The number of carbonyl (C=O) groups is 1. The molecule has 0 unspecified atom stereocenters. The zero-order valence-corrected chi connectivity index (χ0v) is 22.3. The Morgan fingerprint density at radius 1 is 0.950 bits per heavy atom. The van der Waals surface area contributed by atoms with E-state index in [1.165, 1.54) is 0 Å². The quantitative estimate of drug-likeness (QED) is 0.493. The number of carbonyl (C=O) groups excluding carboxylic acids is 1. The summed E-state index contributed by atoms with van der Waals surface area (Å²) in [5.41, 5.74) is 2.20. The number of hydrogen-bond donors (Lipinski definition) is 2. The molecular formula is C28H33F3N6O3. The number of nitrogens with one attached hydrogen (secondary N) is 2. The third kappa shape index (κ3) is 9.37. The highest BCUT2D eigenvalue weighted by molar-refractivity contribution is 5.94. The van der Waals surface area contributed by atoms with Crippen molar-refractivity contribution in [2.45, 2.75) is 38.9 Å². The Hall–Kier alpha value is -3.93. The van der Waals surface area contributed by atoms with Crippen LogP contribution in [0.15, 0.2) is 48.5 Å². The average molecular weight is 559 g/mol. The lowest BCUT2D eigenvalue weighted by atomic mass is 10.1.